The third-order valence-corrected chi connectivity index (χ3v) is 4.53. The lowest BCUT2D eigenvalue weighted by Gasteiger charge is -2.28. The molecule has 0 aromatic heterocycles. The van der Waals surface area contributed by atoms with Crippen molar-refractivity contribution in [2.45, 2.75) is 0 Å². The number of carbonyl (C=O) groups excluding carboxylic acids is 1. The van der Waals surface area contributed by atoms with Crippen LogP contribution in [0, 0.1) is 11.3 Å². The van der Waals surface area contributed by atoms with Gasteiger partial charge >= 0.3 is 0 Å². The SMILES string of the molecule is N#C/C(=C\c1cc(O)c(O)c(Cl)c1)C(=O)Nc1ccc(N2CCOCC2)cc1. The first-order valence-corrected chi connectivity index (χ1v) is 8.93. The molecule has 1 amide bonds. The van der Waals surface area contributed by atoms with E-state index in [4.69, 9.17) is 16.3 Å². The van der Waals surface area contributed by atoms with Gasteiger partial charge < -0.3 is 25.2 Å². The normalized spacial score (nSPS) is 14.4. The zero-order valence-electron chi connectivity index (χ0n) is 14.9. The summed E-state index contributed by atoms with van der Waals surface area (Å²) >= 11 is 5.80. The highest BCUT2D eigenvalue weighted by Crippen LogP contribution is 2.34. The van der Waals surface area contributed by atoms with Gasteiger partial charge in [-0.25, -0.2) is 0 Å². The number of benzene rings is 2. The average molecular weight is 400 g/mol. The standard InChI is InChI=1S/C20H18ClN3O4/c21-17-10-13(11-18(25)19(17)26)9-14(12-22)20(27)23-15-1-3-16(4-2-15)24-5-7-28-8-6-24/h1-4,9-11,25-26H,5-8H2,(H,23,27)/b14-9+. The molecule has 1 saturated heterocycles. The van der Waals surface area contributed by atoms with Gasteiger partial charge in [-0.1, -0.05) is 11.6 Å². The van der Waals surface area contributed by atoms with Gasteiger partial charge in [-0.3, -0.25) is 4.79 Å². The second-order valence-electron chi connectivity index (χ2n) is 6.14. The van der Waals surface area contributed by atoms with E-state index in [-0.39, 0.29) is 10.6 Å². The minimum Gasteiger partial charge on any atom is -0.504 e. The summed E-state index contributed by atoms with van der Waals surface area (Å²) in [7, 11) is 0. The number of amides is 1. The zero-order chi connectivity index (χ0) is 20.1. The predicted octanol–water partition coefficient (Wildman–Crippen LogP) is 3.13. The Morgan fingerprint density at radius 3 is 2.50 bits per heavy atom. The number of rotatable bonds is 4. The number of morpholine rings is 1. The summed E-state index contributed by atoms with van der Waals surface area (Å²) in [5.41, 5.74) is 1.73. The molecule has 0 radical (unpaired) electrons. The van der Waals surface area contributed by atoms with Gasteiger partial charge in [0.1, 0.15) is 11.6 Å². The van der Waals surface area contributed by atoms with Crippen LogP contribution in [0.5, 0.6) is 11.5 Å². The minimum atomic E-state index is -0.592. The fraction of sp³-hybridized carbons (Fsp3) is 0.200. The Morgan fingerprint density at radius 2 is 1.89 bits per heavy atom. The maximum Gasteiger partial charge on any atom is 0.266 e. The highest BCUT2D eigenvalue weighted by molar-refractivity contribution is 6.32. The van der Waals surface area contributed by atoms with Gasteiger partial charge in [-0.05, 0) is 48.0 Å². The van der Waals surface area contributed by atoms with Crippen molar-refractivity contribution in [3.05, 3.63) is 52.6 Å². The van der Waals surface area contributed by atoms with E-state index in [0.717, 1.165) is 18.8 Å². The first-order chi connectivity index (χ1) is 13.5. The van der Waals surface area contributed by atoms with Crippen molar-refractivity contribution in [1.29, 1.82) is 5.26 Å². The molecule has 3 N–H and O–H groups in total. The number of phenols is 2. The summed E-state index contributed by atoms with van der Waals surface area (Å²) in [6, 6.07) is 11.7. The third-order valence-electron chi connectivity index (χ3n) is 4.24. The van der Waals surface area contributed by atoms with E-state index in [1.54, 1.807) is 12.1 Å². The molecular formula is C20H18ClN3O4. The second kappa shape index (κ2) is 8.65. The number of hydrogen-bond donors (Lipinski definition) is 3. The van der Waals surface area contributed by atoms with Crippen LogP contribution in [-0.4, -0.2) is 42.4 Å². The molecule has 2 aromatic carbocycles. The second-order valence-corrected chi connectivity index (χ2v) is 6.55. The first-order valence-electron chi connectivity index (χ1n) is 8.55. The van der Waals surface area contributed by atoms with E-state index >= 15 is 0 Å². The summed E-state index contributed by atoms with van der Waals surface area (Å²) in [4.78, 5) is 14.6. The maximum absolute atomic E-state index is 12.4. The zero-order valence-corrected chi connectivity index (χ0v) is 15.6. The Morgan fingerprint density at radius 1 is 1.21 bits per heavy atom. The van der Waals surface area contributed by atoms with Gasteiger partial charge in [-0.2, -0.15) is 5.26 Å². The van der Waals surface area contributed by atoms with Crippen LogP contribution in [-0.2, 0) is 9.53 Å². The largest absolute Gasteiger partial charge is 0.504 e. The molecule has 8 heteroatoms. The Balaban J connectivity index is 1.72. The highest BCUT2D eigenvalue weighted by atomic mass is 35.5. The van der Waals surface area contributed by atoms with Crippen molar-refractivity contribution in [2.75, 3.05) is 36.5 Å². The van der Waals surface area contributed by atoms with Crippen LogP contribution in [0.1, 0.15) is 5.56 Å². The quantitative estimate of drug-likeness (QED) is 0.414. The molecule has 0 atom stereocenters. The number of nitrogens with zero attached hydrogens (tertiary/aromatic N) is 2. The number of nitrogens with one attached hydrogen (secondary N) is 1. The number of nitriles is 1. The summed E-state index contributed by atoms with van der Waals surface area (Å²) in [5.74, 6) is -1.48. The molecule has 0 unspecified atom stereocenters. The third kappa shape index (κ3) is 4.55. The van der Waals surface area contributed by atoms with E-state index in [9.17, 15) is 20.3 Å². The number of anilines is 2. The molecule has 0 aliphatic carbocycles. The van der Waals surface area contributed by atoms with E-state index in [1.165, 1.54) is 18.2 Å². The van der Waals surface area contributed by atoms with E-state index in [0.29, 0.717) is 24.5 Å². The molecule has 28 heavy (non-hydrogen) atoms. The van der Waals surface area contributed by atoms with Crippen molar-refractivity contribution in [3.8, 4) is 17.6 Å². The lowest BCUT2D eigenvalue weighted by Crippen LogP contribution is -2.36. The van der Waals surface area contributed by atoms with Crippen LogP contribution < -0.4 is 10.2 Å². The molecule has 1 heterocycles. The summed E-state index contributed by atoms with van der Waals surface area (Å²) in [6.07, 6.45) is 1.28. The minimum absolute atomic E-state index is 0.0809. The monoisotopic (exact) mass is 399 g/mol. The topological polar surface area (TPSA) is 106 Å². The summed E-state index contributed by atoms with van der Waals surface area (Å²) in [5, 5.41) is 31.0. The smallest absolute Gasteiger partial charge is 0.266 e. The molecule has 1 aliphatic heterocycles. The van der Waals surface area contributed by atoms with Crippen LogP contribution in [0.25, 0.3) is 6.08 Å². The molecule has 7 nitrogen and oxygen atoms in total. The van der Waals surface area contributed by atoms with Crippen molar-refractivity contribution in [3.63, 3.8) is 0 Å². The maximum atomic E-state index is 12.4. The Labute approximate surface area is 167 Å². The molecular weight excluding hydrogens is 382 g/mol. The van der Waals surface area contributed by atoms with E-state index < -0.39 is 17.4 Å². The van der Waals surface area contributed by atoms with Crippen molar-refractivity contribution >= 4 is 35.0 Å². The average Bonchev–Trinajstić information content (AvgIpc) is 2.71. The van der Waals surface area contributed by atoms with Gasteiger partial charge in [0.25, 0.3) is 5.91 Å². The van der Waals surface area contributed by atoms with Gasteiger partial charge in [0.05, 0.1) is 18.2 Å². The van der Waals surface area contributed by atoms with Crippen molar-refractivity contribution < 1.29 is 19.7 Å². The number of carbonyl (C=O) groups is 1. The molecule has 1 aliphatic rings. The van der Waals surface area contributed by atoms with Gasteiger partial charge in [0, 0.05) is 24.5 Å². The molecule has 144 valence electrons. The number of halogens is 1. The highest BCUT2D eigenvalue weighted by Gasteiger charge is 2.14. The molecule has 0 bridgehead atoms. The van der Waals surface area contributed by atoms with Gasteiger partial charge in [-0.15, -0.1) is 0 Å². The summed E-state index contributed by atoms with van der Waals surface area (Å²) < 4.78 is 5.33. The number of aromatic hydroxyl groups is 2. The van der Waals surface area contributed by atoms with Crippen molar-refractivity contribution in [1.82, 2.24) is 0 Å². The van der Waals surface area contributed by atoms with Crippen molar-refractivity contribution in [2.24, 2.45) is 0 Å². The van der Waals surface area contributed by atoms with Crippen LogP contribution in [0.15, 0.2) is 42.0 Å². The number of phenolic OH excluding ortho intramolecular Hbond substituents is 2. The van der Waals surface area contributed by atoms with Crippen LogP contribution in [0.2, 0.25) is 5.02 Å². The van der Waals surface area contributed by atoms with Crippen LogP contribution in [0.4, 0.5) is 11.4 Å². The number of ether oxygens (including phenoxy) is 1. The molecule has 2 aromatic rings. The van der Waals surface area contributed by atoms with Gasteiger partial charge in [0.2, 0.25) is 0 Å². The lowest BCUT2D eigenvalue weighted by atomic mass is 10.1. The fourth-order valence-electron chi connectivity index (χ4n) is 2.78. The Hall–Kier alpha value is -3.21. The van der Waals surface area contributed by atoms with Gasteiger partial charge in [0.15, 0.2) is 11.5 Å². The molecule has 1 fully saturated rings. The lowest BCUT2D eigenvalue weighted by molar-refractivity contribution is -0.112. The molecule has 0 saturated carbocycles. The Kier molecular flexibility index (Phi) is 6.04. The number of hydrogen-bond acceptors (Lipinski definition) is 6. The van der Waals surface area contributed by atoms with Crippen LogP contribution >= 0.6 is 11.6 Å². The molecule has 0 spiro atoms. The van der Waals surface area contributed by atoms with Crippen LogP contribution in [0.3, 0.4) is 0 Å². The predicted molar refractivity (Wildman–Crippen MR) is 106 cm³/mol. The Bertz CT molecular complexity index is 922. The molecule has 3 rings (SSSR count). The fourth-order valence-corrected chi connectivity index (χ4v) is 3.00. The summed E-state index contributed by atoms with van der Waals surface area (Å²) in [6.45, 7) is 3.00. The first kappa shape index (κ1) is 19.5. The van der Waals surface area contributed by atoms with E-state index in [2.05, 4.69) is 10.2 Å². The van der Waals surface area contributed by atoms with E-state index in [1.807, 2.05) is 18.2 Å².